The molecule has 0 aliphatic carbocycles. The van der Waals surface area contributed by atoms with Crippen LogP contribution in [-0.4, -0.2) is 4.98 Å². The normalized spacial score (nSPS) is 10.7. The summed E-state index contributed by atoms with van der Waals surface area (Å²) in [6.45, 7) is 0. The minimum Gasteiger partial charge on any atom is -0.254 e. The summed E-state index contributed by atoms with van der Waals surface area (Å²) in [5.74, 6) is 0. The first-order valence-corrected chi connectivity index (χ1v) is 9.28. The Hall–Kier alpha value is -1.18. The fourth-order valence-corrected chi connectivity index (χ4v) is 3.82. The molecule has 0 radical (unpaired) electrons. The van der Waals surface area contributed by atoms with Gasteiger partial charge in [-0.05, 0) is 30.3 Å². The van der Waals surface area contributed by atoms with Crippen molar-refractivity contribution in [2.45, 2.75) is 0 Å². The third kappa shape index (κ3) is 3.75. The quantitative estimate of drug-likeness (QED) is 0.360. The summed E-state index contributed by atoms with van der Waals surface area (Å²) in [6.07, 6.45) is 1.42. The second-order valence-electron chi connectivity index (χ2n) is 5.23. The molecule has 0 spiro atoms. The van der Waals surface area contributed by atoms with E-state index in [-0.39, 0.29) is 20.1 Å². The number of halogens is 6. The van der Waals surface area contributed by atoms with E-state index < -0.39 is 0 Å². The molecule has 3 aromatic rings. The van der Waals surface area contributed by atoms with Crippen LogP contribution in [0.2, 0.25) is 30.1 Å². The predicted octanol–water partition coefficient (Wildman–Crippen LogP) is 8.21. The van der Waals surface area contributed by atoms with Crippen molar-refractivity contribution in [3.05, 3.63) is 72.2 Å². The standard InChI is InChI=1S/C18H6Cl6N2/c19-9-2-11(16(23)14(21)4-9)12-1-8(6-25)7-26-18(12)13-3-10(20)5-15(22)17(13)24/h1-5,7H. The van der Waals surface area contributed by atoms with Gasteiger partial charge in [-0.25, -0.2) is 0 Å². The number of nitrogens with zero attached hydrogens (tertiary/aromatic N) is 2. The van der Waals surface area contributed by atoms with Crippen LogP contribution in [0, 0.1) is 11.3 Å². The number of aromatic nitrogens is 1. The van der Waals surface area contributed by atoms with Gasteiger partial charge >= 0.3 is 0 Å². The van der Waals surface area contributed by atoms with Gasteiger partial charge in [-0.3, -0.25) is 4.98 Å². The molecule has 0 N–H and O–H groups in total. The Bertz CT molecular complexity index is 1070. The largest absolute Gasteiger partial charge is 0.254 e. The number of benzene rings is 2. The Kier molecular flexibility index (Phi) is 5.89. The molecule has 0 aliphatic heterocycles. The van der Waals surface area contributed by atoms with Crippen molar-refractivity contribution in [3.63, 3.8) is 0 Å². The van der Waals surface area contributed by atoms with Crippen molar-refractivity contribution >= 4 is 69.6 Å². The van der Waals surface area contributed by atoms with E-state index in [0.29, 0.717) is 38.0 Å². The third-order valence-electron chi connectivity index (χ3n) is 3.55. The molecule has 0 bridgehead atoms. The van der Waals surface area contributed by atoms with Crippen LogP contribution in [0.4, 0.5) is 0 Å². The van der Waals surface area contributed by atoms with E-state index in [1.165, 1.54) is 18.3 Å². The fraction of sp³-hybridized carbons (Fsp3) is 0. The maximum Gasteiger partial charge on any atom is 0.101 e. The fourth-order valence-electron chi connectivity index (χ4n) is 2.43. The highest BCUT2D eigenvalue weighted by Crippen LogP contribution is 2.43. The van der Waals surface area contributed by atoms with Crippen LogP contribution in [0.1, 0.15) is 5.56 Å². The molecule has 0 atom stereocenters. The van der Waals surface area contributed by atoms with Crippen molar-refractivity contribution < 1.29 is 0 Å². The summed E-state index contributed by atoms with van der Waals surface area (Å²) < 4.78 is 0. The summed E-state index contributed by atoms with van der Waals surface area (Å²) in [6, 6.07) is 10.00. The Labute approximate surface area is 179 Å². The van der Waals surface area contributed by atoms with Crippen LogP contribution >= 0.6 is 69.6 Å². The average Bonchev–Trinajstić information content (AvgIpc) is 2.60. The lowest BCUT2D eigenvalue weighted by molar-refractivity contribution is 1.30. The van der Waals surface area contributed by atoms with Gasteiger partial charge < -0.3 is 0 Å². The van der Waals surface area contributed by atoms with E-state index in [4.69, 9.17) is 69.6 Å². The van der Waals surface area contributed by atoms with Crippen molar-refractivity contribution in [3.8, 4) is 28.5 Å². The average molecular weight is 463 g/mol. The predicted molar refractivity (Wildman–Crippen MR) is 110 cm³/mol. The van der Waals surface area contributed by atoms with Crippen LogP contribution < -0.4 is 0 Å². The van der Waals surface area contributed by atoms with Crippen LogP contribution in [0.3, 0.4) is 0 Å². The zero-order valence-corrected chi connectivity index (χ0v) is 17.2. The van der Waals surface area contributed by atoms with Gasteiger partial charge in [-0.15, -0.1) is 0 Å². The highest BCUT2D eigenvalue weighted by Gasteiger charge is 2.19. The van der Waals surface area contributed by atoms with E-state index in [9.17, 15) is 5.26 Å². The van der Waals surface area contributed by atoms with Crippen molar-refractivity contribution in [2.24, 2.45) is 0 Å². The molecule has 3 rings (SSSR count). The number of pyridine rings is 1. The summed E-state index contributed by atoms with van der Waals surface area (Å²) >= 11 is 37.3. The molecule has 0 saturated heterocycles. The minimum atomic E-state index is 0.276. The highest BCUT2D eigenvalue weighted by molar-refractivity contribution is 6.46. The molecule has 0 saturated carbocycles. The molecule has 8 heteroatoms. The first kappa shape index (κ1) is 19.6. The second kappa shape index (κ2) is 7.82. The first-order chi connectivity index (χ1) is 12.3. The van der Waals surface area contributed by atoms with Gasteiger partial charge in [-0.1, -0.05) is 69.6 Å². The van der Waals surface area contributed by atoms with Gasteiger partial charge in [0.15, 0.2) is 0 Å². The molecule has 2 aromatic carbocycles. The molecule has 0 unspecified atom stereocenters. The van der Waals surface area contributed by atoms with Gasteiger partial charge in [0.2, 0.25) is 0 Å². The Morgan fingerprint density at radius 1 is 0.692 bits per heavy atom. The van der Waals surface area contributed by atoms with Gasteiger partial charge in [0.25, 0.3) is 0 Å². The summed E-state index contributed by atoms with van der Waals surface area (Å²) in [4.78, 5) is 4.37. The Morgan fingerprint density at radius 2 is 1.23 bits per heavy atom. The SMILES string of the molecule is N#Cc1cnc(-c2cc(Cl)cc(Cl)c2Cl)c(-c2cc(Cl)cc(Cl)c2Cl)c1. The third-order valence-corrected chi connectivity index (χ3v) is 5.59. The maximum atomic E-state index is 9.25. The van der Waals surface area contributed by atoms with E-state index in [2.05, 4.69) is 4.98 Å². The number of rotatable bonds is 2. The Morgan fingerprint density at radius 3 is 1.81 bits per heavy atom. The van der Waals surface area contributed by atoms with E-state index >= 15 is 0 Å². The highest BCUT2D eigenvalue weighted by atomic mass is 35.5. The van der Waals surface area contributed by atoms with E-state index in [1.807, 2.05) is 6.07 Å². The van der Waals surface area contributed by atoms with Gasteiger partial charge in [-0.2, -0.15) is 5.26 Å². The van der Waals surface area contributed by atoms with Crippen LogP contribution in [0.25, 0.3) is 22.4 Å². The topological polar surface area (TPSA) is 36.7 Å². The van der Waals surface area contributed by atoms with Crippen molar-refractivity contribution in [1.82, 2.24) is 4.98 Å². The molecule has 0 aliphatic rings. The van der Waals surface area contributed by atoms with Crippen LogP contribution in [0.5, 0.6) is 0 Å². The lowest BCUT2D eigenvalue weighted by Crippen LogP contribution is -1.94. The monoisotopic (exact) mass is 460 g/mol. The van der Waals surface area contributed by atoms with E-state index in [0.717, 1.165) is 0 Å². The summed E-state index contributed by atoms with van der Waals surface area (Å²) in [5, 5.41) is 11.1. The number of nitriles is 1. The molecule has 1 heterocycles. The first-order valence-electron chi connectivity index (χ1n) is 7.01. The number of hydrogen-bond acceptors (Lipinski definition) is 2. The lowest BCUT2D eigenvalue weighted by Gasteiger charge is -2.14. The summed E-state index contributed by atoms with van der Waals surface area (Å²) in [5.41, 5.74) is 2.31. The summed E-state index contributed by atoms with van der Waals surface area (Å²) in [7, 11) is 0. The van der Waals surface area contributed by atoms with Gasteiger partial charge in [0.1, 0.15) is 6.07 Å². The molecule has 26 heavy (non-hydrogen) atoms. The molecule has 1 aromatic heterocycles. The molecular weight excluding hydrogens is 457 g/mol. The minimum absolute atomic E-state index is 0.276. The van der Waals surface area contributed by atoms with Gasteiger partial charge in [0.05, 0.1) is 31.3 Å². The smallest absolute Gasteiger partial charge is 0.101 e. The van der Waals surface area contributed by atoms with Crippen LogP contribution in [0.15, 0.2) is 36.5 Å². The van der Waals surface area contributed by atoms with Crippen molar-refractivity contribution in [2.75, 3.05) is 0 Å². The zero-order valence-electron chi connectivity index (χ0n) is 12.6. The van der Waals surface area contributed by atoms with E-state index in [1.54, 1.807) is 18.2 Å². The molecule has 0 amide bonds. The Balaban J connectivity index is 2.39. The molecule has 0 fully saturated rings. The number of hydrogen-bond donors (Lipinski definition) is 0. The molecular formula is C18H6Cl6N2. The molecule has 130 valence electrons. The maximum absolute atomic E-state index is 9.25. The molecule has 2 nitrogen and oxygen atoms in total. The zero-order chi connectivity index (χ0) is 19.0. The van der Waals surface area contributed by atoms with Crippen LogP contribution in [-0.2, 0) is 0 Å². The lowest BCUT2D eigenvalue weighted by atomic mass is 9.98. The second-order valence-corrected chi connectivity index (χ2v) is 7.67. The van der Waals surface area contributed by atoms with Gasteiger partial charge in [0, 0.05) is 32.9 Å². The van der Waals surface area contributed by atoms with Crippen molar-refractivity contribution in [1.29, 1.82) is 5.26 Å².